The van der Waals surface area contributed by atoms with E-state index >= 15 is 0 Å². The predicted molar refractivity (Wildman–Crippen MR) is 56.5 cm³/mol. The second kappa shape index (κ2) is 2.84. The number of phenolic OH excluding ortho intramolecular Hbond substituents is 1. The van der Waals surface area contributed by atoms with Crippen LogP contribution in [0.5, 0.6) is 5.75 Å². The SMILES string of the molecule is CC1(C)CSc2c(O)cccc2N1. The minimum absolute atomic E-state index is 0.117. The number of thioether (sulfide) groups is 1. The highest BCUT2D eigenvalue weighted by molar-refractivity contribution is 7.99. The van der Waals surface area contributed by atoms with Crippen molar-refractivity contribution in [1.29, 1.82) is 0 Å². The van der Waals surface area contributed by atoms with Crippen molar-refractivity contribution < 1.29 is 5.11 Å². The van der Waals surface area contributed by atoms with Crippen LogP contribution in [0.1, 0.15) is 13.8 Å². The largest absolute Gasteiger partial charge is 0.507 e. The van der Waals surface area contributed by atoms with E-state index in [1.807, 2.05) is 12.1 Å². The van der Waals surface area contributed by atoms with E-state index in [4.69, 9.17) is 0 Å². The van der Waals surface area contributed by atoms with E-state index in [9.17, 15) is 5.11 Å². The van der Waals surface area contributed by atoms with E-state index in [0.29, 0.717) is 5.75 Å². The van der Waals surface area contributed by atoms with Crippen LogP contribution in [-0.4, -0.2) is 16.4 Å². The fourth-order valence-corrected chi connectivity index (χ4v) is 2.50. The van der Waals surface area contributed by atoms with Crippen LogP contribution in [0.25, 0.3) is 0 Å². The highest BCUT2D eigenvalue weighted by Crippen LogP contribution is 2.41. The molecule has 1 aliphatic rings. The lowest BCUT2D eigenvalue weighted by atomic mass is 10.1. The van der Waals surface area contributed by atoms with Gasteiger partial charge in [0.05, 0.1) is 10.6 Å². The predicted octanol–water partition coefficient (Wildman–Crippen LogP) is 2.69. The molecule has 0 atom stereocenters. The van der Waals surface area contributed by atoms with E-state index in [1.165, 1.54) is 0 Å². The summed E-state index contributed by atoms with van der Waals surface area (Å²) in [7, 11) is 0. The van der Waals surface area contributed by atoms with Crippen LogP contribution in [0.2, 0.25) is 0 Å². The van der Waals surface area contributed by atoms with Crippen molar-refractivity contribution in [3.8, 4) is 5.75 Å². The summed E-state index contributed by atoms with van der Waals surface area (Å²) < 4.78 is 0. The third-order valence-electron chi connectivity index (χ3n) is 2.04. The van der Waals surface area contributed by atoms with E-state index in [2.05, 4.69) is 19.2 Å². The Labute approximate surface area is 82.4 Å². The highest BCUT2D eigenvalue weighted by atomic mass is 32.2. The molecule has 0 saturated carbocycles. The molecule has 0 aliphatic carbocycles. The standard InChI is InChI=1S/C10H13NOS/c1-10(2)6-13-9-7(11-10)4-3-5-8(9)12/h3-5,11-12H,6H2,1-2H3. The van der Waals surface area contributed by atoms with Gasteiger partial charge in [0, 0.05) is 11.3 Å². The van der Waals surface area contributed by atoms with Crippen LogP contribution >= 0.6 is 11.8 Å². The molecule has 0 saturated heterocycles. The molecule has 3 heteroatoms. The Bertz CT molecular complexity index is 336. The first-order chi connectivity index (χ1) is 6.08. The van der Waals surface area contributed by atoms with Gasteiger partial charge < -0.3 is 10.4 Å². The Hall–Kier alpha value is -0.830. The average Bonchev–Trinajstić information content (AvgIpc) is 2.02. The minimum Gasteiger partial charge on any atom is -0.507 e. The fourth-order valence-electron chi connectivity index (χ4n) is 1.43. The fraction of sp³-hybridized carbons (Fsp3) is 0.400. The van der Waals surface area contributed by atoms with Crippen LogP contribution in [0.3, 0.4) is 0 Å². The molecular weight excluding hydrogens is 182 g/mol. The number of hydrogen-bond acceptors (Lipinski definition) is 3. The zero-order valence-electron chi connectivity index (χ0n) is 7.79. The van der Waals surface area contributed by atoms with Crippen molar-refractivity contribution in [2.45, 2.75) is 24.3 Å². The summed E-state index contributed by atoms with van der Waals surface area (Å²) in [4.78, 5) is 0.974. The van der Waals surface area contributed by atoms with Crippen LogP contribution in [-0.2, 0) is 0 Å². The molecule has 0 radical (unpaired) electrons. The van der Waals surface area contributed by atoms with Gasteiger partial charge in [-0.15, -0.1) is 11.8 Å². The second-order valence-corrected chi connectivity index (χ2v) is 4.94. The van der Waals surface area contributed by atoms with Gasteiger partial charge in [0.15, 0.2) is 0 Å². The summed E-state index contributed by atoms with van der Waals surface area (Å²) in [5.41, 5.74) is 1.16. The summed E-state index contributed by atoms with van der Waals surface area (Å²) in [5.74, 6) is 1.36. The monoisotopic (exact) mass is 195 g/mol. The summed E-state index contributed by atoms with van der Waals surface area (Å²) >= 11 is 1.71. The van der Waals surface area contributed by atoms with Crippen molar-refractivity contribution >= 4 is 17.4 Å². The average molecular weight is 195 g/mol. The first kappa shape index (κ1) is 8.75. The smallest absolute Gasteiger partial charge is 0.131 e. The summed E-state index contributed by atoms with van der Waals surface area (Å²) in [6, 6.07) is 5.60. The normalized spacial score (nSPS) is 18.9. The van der Waals surface area contributed by atoms with Gasteiger partial charge in [0.25, 0.3) is 0 Å². The first-order valence-corrected chi connectivity index (χ1v) is 5.30. The number of hydrogen-bond donors (Lipinski definition) is 2. The van der Waals surface area contributed by atoms with Gasteiger partial charge in [-0.25, -0.2) is 0 Å². The number of benzene rings is 1. The Kier molecular flexibility index (Phi) is 1.91. The molecule has 2 nitrogen and oxygen atoms in total. The number of phenols is 1. The maximum absolute atomic E-state index is 9.57. The molecule has 0 aromatic heterocycles. The molecule has 1 aromatic rings. The quantitative estimate of drug-likeness (QED) is 0.667. The summed E-state index contributed by atoms with van der Waals surface area (Å²) in [6.45, 7) is 4.32. The number of aromatic hydroxyl groups is 1. The third-order valence-corrected chi connectivity index (χ3v) is 3.63. The molecule has 1 heterocycles. The van der Waals surface area contributed by atoms with Crippen molar-refractivity contribution in [2.24, 2.45) is 0 Å². The van der Waals surface area contributed by atoms with Crippen molar-refractivity contribution in [1.82, 2.24) is 0 Å². The molecule has 2 N–H and O–H groups in total. The van der Waals surface area contributed by atoms with Crippen molar-refractivity contribution in [2.75, 3.05) is 11.1 Å². The van der Waals surface area contributed by atoms with Crippen LogP contribution in [0.15, 0.2) is 23.1 Å². The van der Waals surface area contributed by atoms with Gasteiger partial charge in [0.2, 0.25) is 0 Å². The molecular formula is C10H13NOS. The highest BCUT2D eigenvalue weighted by Gasteiger charge is 2.25. The van der Waals surface area contributed by atoms with Gasteiger partial charge in [-0.1, -0.05) is 6.07 Å². The lowest BCUT2D eigenvalue weighted by Crippen LogP contribution is -2.36. The molecule has 0 fully saturated rings. The Morgan fingerprint density at radius 1 is 1.46 bits per heavy atom. The molecule has 13 heavy (non-hydrogen) atoms. The van der Waals surface area contributed by atoms with E-state index in [0.717, 1.165) is 16.3 Å². The lowest BCUT2D eigenvalue weighted by Gasteiger charge is -2.33. The van der Waals surface area contributed by atoms with E-state index in [1.54, 1.807) is 17.8 Å². The van der Waals surface area contributed by atoms with Gasteiger partial charge in [-0.05, 0) is 26.0 Å². The van der Waals surface area contributed by atoms with Crippen LogP contribution in [0.4, 0.5) is 5.69 Å². The molecule has 0 spiro atoms. The Morgan fingerprint density at radius 3 is 3.00 bits per heavy atom. The minimum atomic E-state index is 0.117. The molecule has 0 amide bonds. The zero-order valence-corrected chi connectivity index (χ0v) is 8.61. The lowest BCUT2D eigenvalue weighted by molar-refractivity contribution is 0.461. The maximum Gasteiger partial charge on any atom is 0.131 e. The molecule has 2 rings (SSSR count). The Morgan fingerprint density at radius 2 is 2.23 bits per heavy atom. The molecule has 0 bridgehead atoms. The number of rotatable bonds is 0. The summed E-state index contributed by atoms with van der Waals surface area (Å²) in [5, 5.41) is 13.0. The Balaban J connectivity index is 2.42. The zero-order chi connectivity index (χ0) is 9.47. The molecule has 1 aliphatic heterocycles. The summed E-state index contributed by atoms with van der Waals surface area (Å²) in [6.07, 6.45) is 0. The number of nitrogens with one attached hydrogen (secondary N) is 1. The topological polar surface area (TPSA) is 32.3 Å². The third kappa shape index (κ3) is 1.61. The molecule has 1 aromatic carbocycles. The molecule has 0 unspecified atom stereocenters. The van der Waals surface area contributed by atoms with Gasteiger partial charge >= 0.3 is 0 Å². The molecule has 70 valence electrons. The number of anilines is 1. The van der Waals surface area contributed by atoms with Crippen LogP contribution < -0.4 is 5.32 Å². The van der Waals surface area contributed by atoms with E-state index < -0.39 is 0 Å². The van der Waals surface area contributed by atoms with Crippen molar-refractivity contribution in [3.63, 3.8) is 0 Å². The van der Waals surface area contributed by atoms with Crippen molar-refractivity contribution in [3.05, 3.63) is 18.2 Å². The maximum atomic E-state index is 9.57. The second-order valence-electron chi connectivity index (χ2n) is 3.95. The van der Waals surface area contributed by atoms with Crippen LogP contribution in [0, 0.1) is 0 Å². The van der Waals surface area contributed by atoms with Gasteiger partial charge in [-0.3, -0.25) is 0 Å². The number of fused-ring (bicyclic) bond motifs is 1. The first-order valence-electron chi connectivity index (χ1n) is 4.31. The van der Waals surface area contributed by atoms with Gasteiger partial charge in [0.1, 0.15) is 5.75 Å². The van der Waals surface area contributed by atoms with Gasteiger partial charge in [-0.2, -0.15) is 0 Å². The van der Waals surface area contributed by atoms with E-state index in [-0.39, 0.29) is 5.54 Å².